The zero-order chi connectivity index (χ0) is 13.9. The van der Waals surface area contributed by atoms with Crippen molar-refractivity contribution in [3.05, 3.63) is 0 Å². The number of aliphatic hydroxyl groups is 2. The fourth-order valence-corrected chi connectivity index (χ4v) is 6.80. The molecule has 4 fully saturated rings. The van der Waals surface area contributed by atoms with Gasteiger partial charge in [-0.1, -0.05) is 6.92 Å². The van der Waals surface area contributed by atoms with E-state index in [0.29, 0.717) is 0 Å². The molecule has 4 aliphatic carbocycles. The second kappa shape index (κ2) is 4.71. The maximum Gasteiger partial charge on any atom is 0.0596 e. The SMILES string of the molecule is C[C@]12CC[C@H]3[C@@H](CC[C@H]4C[C@H](O)CC[C@@H]43)[C@H]1CC[C@H]2O. The van der Waals surface area contributed by atoms with E-state index in [0.717, 1.165) is 48.9 Å². The molecule has 0 aromatic carbocycles. The predicted octanol–water partition coefficient (Wildman–Crippen LogP) is 3.36. The van der Waals surface area contributed by atoms with Gasteiger partial charge in [-0.15, -0.1) is 0 Å². The van der Waals surface area contributed by atoms with E-state index in [9.17, 15) is 10.2 Å². The van der Waals surface area contributed by atoms with Crippen molar-refractivity contribution in [1.82, 2.24) is 0 Å². The minimum atomic E-state index is -0.0423. The summed E-state index contributed by atoms with van der Waals surface area (Å²) in [6, 6.07) is 0. The van der Waals surface area contributed by atoms with Gasteiger partial charge in [-0.2, -0.15) is 0 Å². The molecular weight excluding hydrogens is 248 g/mol. The van der Waals surface area contributed by atoms with Crippen LogP contribution in [-0.4, -0.2) is 22.4 Å². The van der Waals surface area contributed by atoms with E-state index in [1.165, 1.54) is 38.5 Å². The van der Waals surface area contributed by atoms with Gasteiger partial charge in [-0.25, -0.2) is 0 Å². The third-order valence-electron chi connectivity index (χ3n) is 7.88. The van der Waals surface area contributed by atoms with Gasteiger partial charge in [0.25, 0.3) is 0 Å². The lowest BCUT2D eigenvalue weighted by Gasteiger charge is -2.55. The van der Waals surface area contributed by atoms with Gasteiger partial charge in [0, 0.05) is 0 Å². The predicted molar refractivity (Wildman–Crippen MR) is 79.1 cm³/mol. The van der Waals surface area contributed by atoms with E-state index >= 15 is 0 Å². The van der Waals surface area contributed by atoms with Gasteiger partial charge in [0.15, 0.2) is 0 Å². The molecule has 2 heteroatoms. The number of hydrogen-bond donors (Lipinski definition) is 2. The van der Waals surface area contributed by atoms with Crippen molar-refractivity contribution in [1.29, 1.82) is 0 Å². The topological polar surface area (TPSA) is 40.5 Å². The summed E-state index contributed by atoms with van der Waals surface area (Å²) in [6.45, 7) is 2.36. The minimum Gasteiger partial charge on any atom is -0.393 e. The summed E-state index contributed by atoms with van der Waals surface area (Å²) in [7, 11) is 0. The summed E-state index contributed by atoms with van der Waals surface area (Å²) in [5, 5.41) is 20.3. The first-order valence-corrected chi connectivity index (χ1v) is 8.95. The smallest absolute Gasteiger partial charge is 0.0596 e. The Balaban J connectivity index is 1.57. The summed E-state index contributed by atoms with van der Waals surface area (Å²) in [5.41, 5.74) is 0.224. The largest absolute Gasteiger partial charge is 0.393 e. The number of fused-ring (bicyclic) bond motifs is 5. The summed E-state index contributed by atoms with van der Waals surface area (Å²) >= 11 is 0. The Morgan fingerprint density at radius 3 is 2.45 bits per heavy atom. The molecule has 0 bridgehead atoms. The normalized spacial score (nSPS) is 58.6. The Hall–Kier alpha value is -0.0800. The zero-order valence-corrected chi connectivity index (χ0v) is 12.8. The van der Waals surface area contributed by atoms with Crippen LogP contribution >= 0.6 is 0 Å². The fourth-order valence-electron chi connectivity index (χ4n) is 6.80. The second-order valence-electron chi connectivity index (χ2n) is 8.54. The van der Waals surface area contributed by atoms with Crippen molar-refractivity contribution in [2.24, 2.45) is 35.0 Å². The van der Waals surface area contributed by atoms with E-state index in [1.807, 2.05) is 0 Å². The molecule has 0 amide bonds. The molecule has 0 radical (unpaired) electrons. The van der Waals surface area contributed by atoms with Crippen LogP contribution in [0.25, 0.3) is 0 Å². The average molecular weight is 278 g/mol. The second-order valence-corrected chi connectivity index (χ2v) is 8.54. The maximum atomic E-state index is 10.4. The van der Waals surface area contributed by atoms with Crippen LogP contribution in [-0.2, 0) is 0 Å². The van der Waals surface area contributed by atoms with Crippen LogP contribution in [0.2, 0.25) is 0 Å². The van der Waals surface area contributed by atoms with Crippen molar-refractivity contribution in [3.8, 4) is 0 Å². The van der Waals surface area contributed by atoms with Gasteiger partial charge >= 0.3 is 0 Å². The highest BCUT2D eigenvalue weighted by atomic mass is 16.3. The Morgan fingerprint density at radius 2 is 1.60 bits per heavy atom. The van der Waals surface area contributed by atoms with Crippen LogP contribution in [0, 0.1) is 35.0 Å². The number of aliphatic hydroxyl groups excluding tert-OH is 2. The van der Waals surface area contributed by atoms with Crippen molar-refractivity contribution in [3.63, 3.8) is 0 Å². The Kier molecular flexibility index (Phi) is 3.20. The van der Waals surface area contributed by atoms with Crippen LogP contribution in [0.4, 0.5) is 0 Å². The zero-order valence-electron chi connectivity index (χ0n) is 12.8. The van der Waals surface area contributed by atoms with Crippen LogP contribution < -0.4 is 0 Å². The van der Waals surface area contributed by atoms with Crippen LogP contribution in [0.15, 0.2) is 0 Å². The molecule has 0 aliphatic heterocycles. The molecule has 4 aliphatic rings. The Morgan fingerprint density at radius 1 is 0.800 bits per heavy atom. The monoisotopic (exact) mass is 278 g/mol. The van der Waals surface area contributed by atoms with Crippen LogP contribution in [0.1, 0.15) is 64.7 Å². The highest BCUT2D eigenvalue weighted by Crippen LogP contribution is 2.62. The first-order chi connectivity index (χ1) is 9.59. The Bertz CT molecular complexity index is 382. The van der Waals surface area contributed by atoms with Crippen molar-refractivity contribution in [2.45, 2.75) is 76.9 Å². The molecule has 4 saturated carbocycles. The van der Waals surface area contributed by atoms with Crippen LogP contribution in [0.5, 0.6) is 0 Å². The summed E-state index contributed by atoms with van der Waals surface area (Å²) < 4.78 is 0. The van der Waals surface area contributed by atoms with E-state index in [-0.39, 0.29) is 17.6 Å². The van der Waals surface area contributed by atoms with E-state index in [4.69, 9.17) is 0 Å². The molecule has 0 unspecified atom stereocenters. The summed E-state index contributed by atoms with van der Waals surface area (Å²) in [5.74, 6) is 4.26. The molecule has 8 atom stereocenters. The molecule has 4 rings (SSSR count). The van der Waals surface area contributed by atoms with Crippen molar-refractivity contribution >= 4 is 0 Å². The Labute approximate surface area is 123 Å². The summed E-state index contributed by atoms with van der Waals surface area (Å²) in [6.07, 6.45) is 10.9. The highest BCUT2D eigenvalue weighted by molar-refractivity contribution is 5.06. The lowest BCUT2D eigenvalue weighted by Crippen LogP contribution is -2.49. The maximum absolute atomic E-state index is 10.4. The van der Waals surface area contributed by atoms with E-state index in [2.05, 4.69) is 6.92 Å². The first kappa shape index (κ1) is 13.6. The van der Waals surface area contributed by atoms with Gasteiger partial charge in [-0.3, -0.25) is 0 Å². The van der Waals surface area contributed by atoms with Crippen molar-refractivity contribution in [2.75, 3.05) is 0 Å². The van der Waals surface area contributed by atoms with Gasteiger partial charge in [-0.05, 0) is 92.8 Å². The fraction of sp³-hybridized carbons (Fsp3) is 1.00. The van der Waals surface area contributed by atoms with Gasteiger partial charge in [0.1, 0.15) is 0 Å². The van der Waals surface area contributed by atoms with Crippen molar-refractivity contribution < 1.29 is 10.2 Å². The molecule has 0 aromatic heterocycles. The standard InChI is InChI=1S/C18H30O2/c1-18-9-8-14-13-5-3-12(19)10-11(13)2-4-15(14)16(18)6-7-17(18)20/h11-17,19-20H,2-10H2,1H3/t11-,12+,13-,14+,15+,16+,17+,18-/m0/s1. The number of hydrogen-bond acceptors (Lipinski definition) is 2. The molecule has 20 heavy (non-hydrogen) atoms. The molecule has 114 valence electrons. The van der Waals surface area contributed by atoms with E-state index in [1.54, 1.807) is 0 Å². The molecule has 2 N–H and O–H groups in total. The molecule has 0 spiro atoms. The lowest BCUT2D eigenvalue weighted by molar-refractivity contribution is -0.0913. The quantitative estimate of drug-likeness (QED) is 0.713. The minimum absolute atomic E-state index is 0.0186. The molecular formula is C18H30O2. The van der Waals surface area contributed by atoms with Gasteiger partial charge in [0.05, 0.1) is 12.2 Å². The van der Waals surface area contributed by atoms with Crippen LogP contribution in [0.3, 0.4) is 0 Å². The molecule has 0 aromatic rings. The van der Waals surface area contributed by atoms with E-state index < -0.39 is 0 Å². The highest BCUT2D eigenvalue weighted by Gasteiger charge is 2.56. The first-order valence-electron chi connectivity index (χ1n) is 8.95. The third-order valence-corrected chi connectivity index (χ3v) is 7.88. The summed E-state index contributed by atoms with van der Waals surface area (Å²) in [4.78, 5) is 0. The molecule has 0 heterocycles. The van der Waals surface area contributed by atoms with Gasteiger partial charge in [0.2, 0.25) is 0 Å². The lowest BCUT2D eigenvalue weighted by atomic mass is 9.50. The van der Waals surface area contributed by atoms with Gasteiger partial charge < -0.3 is 10.2 Å². The number of rotatable bonds is 0. The third kappa shape index (κ3) is 1.83. The molecule has 0 saturated heterocycles. The molecule has 2 nitrogen and oxygen atoms in total. The average Bonchev–Trinajstić information content (AvgIpc) is 2.74.